The fraction of sp³-hybridized carbons (Fsp3) is 0.240. The largest absolute Gasteiger partial charge is 0.437 e. The smallest absolute Gasteiger partial charge is 0.242 e. The van der Waals surface area contributed by atoms with Crippen molar-refractivity contribution in [3.8, 4) is 22.2 Å². The number of sulfonamides is 1. The Kier molecular flexibility index (Phi) is 7.96. The summed E-state index contributed by atoms with van der Waals surface area (Å²) in [4.78, 5) is 14.2. The molecule has 5 rings (SSSR count). The van der Waals surface area contributed by atoms with Gasteiger partial charge in [0.15, 0.2) is 0 Å². The van der Waals surface area contributed by atoms with E-state index in [0.717, 1.165) is 36.4 Å². The Bertz CT molecular complexity index is 1470. The summed E-state index contributed by atoms with van der Waals surface area (Å²) < 4.78 is 34.0. The lowest BCUT2D eigenvalue weighted by molar-refractivity contribution is 0.467. The van der Waals surface area contributed by atoms with Gasteiger partial charge in [-0.05, 0) is 55.3 Å². The van der Waals surface area contributed by atoms with Crippen LogP contribution in [-0.4, -0.2) is 42.5 Å². The van der Waals surface area contributed by atoms with Gasteiger partial charge in [0.05, 0.1) is 16.2 Å². The second-order valence-electron chi connectivity index (χ2n) is 8.44. The number of hydrogen-bond acceptors (Lipinski definition) is 9. The van der Waals surface area contributed by atoms with Crippen LogP contribution in [0.15, 0.2) is 71.2 Å². The van der Waals surface area contributed by atoms with Crippen LogP contribution in [0.4, 0.5) is 5.95 Å². The van der Waals surface area contributed by atoms with Crippen LogP contribution in [-0.2, 0) is 16.6 Å². The third kappa shape index (κ3) is 6.43. The highest BCUT2D eigenvalue weighted by Gasteiger charge is 2.18. The van der Waals surface area contributed by atoms with Crippen LogP contribution in [0.1, 0.15) is 18.4 Å². The lowest BCUT2D eigenvalue weighted by atomic mass is 10.1. The summed E-state index contributed by atoms with van der Waals surface area (Å²) in [6.07, 6.45) is 3.90. The molecule has 3 N–H and O–H groups in total. The Hall–Kier alpha value is -3.09. The first kappa shape index (κ1) is 25.6. The van der Waals surface area contributed by atoms with Crippen molar-refractivity contribution in [2.45, 2.75) is 30.3 Å². The quantitative estimate of drug-likeness (QED) is 0.272. The molecule has 2 aromatic heterocycles. The lowest BCUT2D eigenvalue weighted by Gasteiger charge is -2.23. The number of benzene rings is 2. The van der Waals surface area contributed by atoms with Crippen LogP contribution >= 0.6 is 22.9 Å². The zero-order chi connectivity index (χ0) is 25.7. The van der Waals surface area contributed by atoms with E-state index in [1.807, 2.05) is 12.1 Å². The van der Waals surface area contributed by atoms with Crippen LogP contribution < -0.4 is 20.1 Å². The molecule has 0 amide bonds. The van der Waals surface area contributed by atoms with Gasteiger partial charge in [-0.3, -0.25) is 0 Å². The molecule has 1 aliphatic heterocycles. The molecule has 1 fully saturated rings. The predicted octanol–water partition coefficient (Wildman–Crippen LogP) is 4.69. The molecule has 4 aromatic rings. The summed E-state index contributed by atoms with van der Waals surface area (Å²) in [5, 5.41) is 6.94. The fourth-order valence-electron chi connectivity index (χ4n) is 3.94. The maximum Gasteiger partial charge on any atom is 0.242 e. The zero-order valence-corrected chi connectivity index (χ0v) is 22.1. The minimum atomic E-state index is -3.77. The number of piperidine rings is 1. The summed E-state index contributed by atoms with van der Waals surface area (Å²) in [5.74, 6) is 1.52. The van der Waals surface area contributed by atoms with E-state index in [1.165, 1.54) is 17.4 Å². The fourth-order valence-corrected chi connectivity index (χ4v) is 6.16. The molecular weight excluding hydrogens is 532 g/mol. The number of aromatic nitrogens is 3. The van der Waals surface area contributed by atoms with Gasteiger partial charge in [0.2, 0.25) is 21.9 Å². The van der Waals surface area contributed by atoms with E-state index in [9.17, 15) is 8.42 Å². The minimum absolute atomic E-state index is 0.0367. The van der Waals surface area contributed by atoms with Gasteiger partial charge in [-0.25, -0.2) is 28.1 Å². The molecule has 0 bridgehead atoms. The van der Waals surface area contributed by atoms with E-state index >= 15 is 0 Å². The summed E-state index contributed by atoms with van der Waals surface area (Å²) in [6.45, 7) is 1.99. The monoisotopic (exact) mass is 556 g/mol. The SMILES string of the molecule is O=S(=O)(NCc1cccc(Oc2ncsc2-c2ccnc(N[C@H]3CCCNC3)n2)c1)c1ccccc1Cl. The first-order valence-electron chi connectivity index (χ1n) is 11.7. The zero-order valence-electron chi connectivity index (χ0n) is 19.7. The van der Waals surface area contributed by atoms with Gasteiger partial charge in [0.25, 0.3) is 0 Å². The van der Waals surface area contributed by atoms with Crippen molar-refractivity contribution < 1.29 is 13.2 Å². The number of nitrogens with zero attached hydrogens (tertiary/aromatic N) is 3. The van der Waals surface area contributed by atoms with Gasteiger partial charge < -0.3 is 15.4 Å². The van der Waals surface area contributed by atoms with Crippen molar-refractivity contribution in [2.75, 3.05) is 18.4 Å². The van der Waals surface area contributed by atoms with E-state index in [-0.39, 0.29) is 16.5 Å². The van der Waals surface area contributed by atoms with Crippen LogP contribution in [0.5, 0.6) is 11.6 Å². The number of ether oxygens (including phenoxy) is 1. The molecule has 0 aliphatic carbocycles. The molecule has 0 radical (unpaired) electrons. The highest BCUT2D eigenvalue weighted by atomic mass is 35.5. The maximum absolute atomic E-state index is 12.7. The Labute approximate surface area is 224 Å². The normalized spacial score (nSPS) is 15.9. The van der Waals surface area contributed by atoms with Gasteiger partial charge in [-0.2, -0.15) is 0 Å². The average Bonchev–Trinajstić information content (AvgIpc) is 3.37. The number of rotatable bonds is 9. The molecule has 0 unspecified atom stereocenters. The van der Waals surface area contributed by atoms with Crippen molar-refractivity contribution in [1.82, 2.24) is 25.0 Å². The van der Waals surface area contributed by atoms with E-state index in [1.54, 1.807) is 48.1 Å². The van der Waals surface area contributed by atoms with Crippen molar-refractivity contribution >= 4 is 38.9 Å². The standard InChI is InChI=1S/C25H25ClN6O3S2/c26-20-8-1-2-9-22(20)37(33,34)30-14-17-5-3-7-19(13-17)35-24-23(36-16-29-24)21-10-12-28-25(32-21)31-18-6-4-11-27-15-18/h1-3,5,7-10,12-13,16,18,27,30H,4,6,11,14-15H2,(H,28,31,32)/t18-/m0/s1. The van der Waals surface area contributed by atoms with Crippen LogP contribution in [0.3, 0.4) is 0 Å². The first-order valence-corrected chi connectivity index (χ1v) is 14.5. The van der Waals surface area contributed by atoms with Gasteiger partial charge in [-0.15, -0.1) is 11.3 Å². The molecular formula is C25H25ClN6O3S2. The van der Waals surface area contributed by atoms with Crippen molar-refractivity contribution in [3.63, 3.8) is 0 Å². The third-order valence-electron chi connectivity index (χ3n) is 5.76. The van der Waals surface area contributed by atoms with Gasteiger partial charge in [-0.1, -0.05) is 35.9 Å². The molecule has 9 nitrogen and oxygen atoms in total. The number of thiazole rings is 1. The third-order valence-corrected chi connectivity index (χ3v) is 8.49. The van der Waals surface area contributed by atoms with Crippen molar-refractivity contribution in [1.29, 1.82) is 0 Å². The molecule has 192 valence electrons. The molecule has 0 spiro atoms. The number of hydrogen-bond donors (Lipinski definition) is 3. The van der Waals surface area contributed by atoms with E-state index in [0.29, 0.717) is 29.3 Å². The maximum atomic E-state index is 12.7. The number of halogens is 1. The number of anilines is 1. The second-order valence-corrected chi connectivity index (χ2v) is 11.4. The second kappa shape index (κ2) is 11.5. The summed E-state index contributed by atoms with van der Waals surface area (Å²) >= 11 is 7.48. The predicted molar refractivity (Wildman–Crippen MR) is 145 cm³/mol. The molecule has 1 saturated heterocycles. The van der Waals surface area contributed by atoms with Crippen LogP contribution in [0.25, 0.3) is 10.6 Å². The average molecular weight is 557 g/mol. The van der Waals surface area contributed by atoms with Gasteiger partial charge in [0.1, 0.15) is 15.5 Å². The minimum Gasteiger partial charge on any atom is -0.437 e. The Morgan fingerprint density at radius 2 is 2.03 bits per heavy atom. The van der Waals surface area contributed by atoms with E-state index in [2.05, 4.69) is 30.3 Å². The molecule has 37 heavy (non-hydrogen) atoms. The summed E-state index contributed by atoms with van der Waals surface area (Å²) in [5.41, 5.74) is 3.13. The van der Waals surface area contributed by atoms with E-state index < -0.39 is 10.0 Å². The van der Waals surface area contributed by atoms with Crippen LogP contribution in [0.2, 0.25) is 5.02 Å². The first-order chi connectivity index (χ1) is 18.0. The topological polar surface area (TPSA) is 118 Å². The van der Waals surface area contributed by atoms with Gasteiger partial charge >= 0.3 is 0 Å². The molecule has 1 aliphatic rings. The highest BCUT2D eigenvalue weighted by Crippen LogP contribution is 2.35. The van der Waals surface area contributed by atoms with E-state index in [4.69, 9.17) is 16.3 Å². The Morgan fingerprint density at radius 1 is 1.14 bits per heavy atom. The van der Waals surface area contributed by atoms with Crippen LogP contribution in [0, 0.1) is 0 Å². The lowest BCUT2D eigenvalue weighted by Crippen LogP contribution is -2.38. The molecule has 12 heteroatoms. The Morgan fingerprint density at radius 3 is 2.86 bits per heavy atom. The van der Waals surface area contributed by atoms with Gasteiger partial charge in [0, 0.05) is 25.3 Å². The molecule has 1 atom stereocenters. The Balaban J connectivity index is 1.28. The van der Waals surface area contributed by atoms with Crippen molar-refractivity contribution in [3.05, 3.63) is 76.9 Å². The van der Waals surface area contributed by atoms with Crippen molar-refractivity contribution in [2.24, 2.45) is 0 Å². The molecule has 2 aromatic carbocycles. The summed E-state index contributed by atoms with van der Waals surface area (Å²) in [7, 11) is -3.77. The number of nitrogens with one attached hydrogen (secondary N) is 3. The summed E-state index contributed by atoms with van der Waals surface area (Å²) in [6, 6.07) is 15.6. The molecule has 0 saturated carbocycles. The molecule has 3 heterocycles. The highest BCUT2D eigenvalue weighted by molar-refractivity contribution is 7.89.